The van der Waals surface area contributed by atoms with E-state index in [1.807, 2.05) is 30.3 Å². The van der Waals surface area contributed by atoms with Gasteiger partial charge in [0.15, 0.2) is 5.01 Å². The van der Waals surface area contributed by atoms with Crippen LogP contribution in [0.3, 0.4) is 0 Å². The summed E-state index contributed by atoms with van der Waals surface area (Å²) in [4.78, 5) is 36.9. The molecule has 4 N–H and O–H groups in total. The summed E-state index contributed by atoms with van der Waals surface area (Å²) in [7, 11) is 0. The summed E-state index contributed by atoms with van der Waals surface area (Å²) in [5.41, 5.74) is 9.33. The van der Waals surface area contributed by atoms with Crippen molar-refractivity contribution in [1.29, 1.82) is 0 Å². The molecule has 160 valence electrons. The Morgan fingerprint density at radius 1 is 1.06 bits per heavy atom. The quantitative estimate of drug-likeness (QED) is 0.412. The van der Waals surface area contributed by atoms with E-state index in [9.17, 15) is 9.59 Å². The molecule has 2 aromatic heterocycles. The van der Waals surface area contributed by atoms with Crippen LogP contribution in [0.2, 0.25) is 0 Å². The molecular formula is C23H20N6O2S. The number of hydrogen-bond acceptors (Lipinski definition) is 6. The van der Waals surface area contributed by atoms with Crippen molar-refractivity contribution in [1.82, 2.24) is 14.9 Å². The molecule has 0 aliphatic carbocycles. The second-order valence-electron chi connectivity index (χ2n) is 7.45. The molecule has 0 saturated carbocycles. The maximum Gasteiger partial charge on any atom is 0.322 e. The summed E-state index contributed by atoms with van der Waals surface area (Å²) in [5.74, 6) is -0.305. The number of nitrogens with two attached hydrogens (primary N) is 1. The van der Waals surface area contributed by atoms with Gasteiger partial charge >= 0.3 is 6.03 Å². The van der Waals surface area contributed by atoms with Gasteiger partial charge in [-0.2, -0.15) is 0 Å². The van der Waals surface area contributed by atoms with Gasteiger partial charge in [0, 0.05) is 23.2 Å². The highest BCUT2D eigenvalue weighted by Crippen LogP contribution is 2.27. The van der Waals surface area contributed by atoms with Gasteiger partial charge in [0.2, 0.25) is 0 Å². The van der Waals surface area contributed by atoms with E-state index in [-0.39, 0.29) is 11.9 Å². The lowest BCUT2D eigenvalue weighted by molar-refractivity contribution is 0.102. The molecule has 32 heavy (non-hydrogen) atoms. The minimum absolute atomic E-state index is 0.204. The molecule has 0 bridgehead atoms. The van der Waals surface area contributed by atoms with Crippen molar-refractivity contribution in [3.8, 4) is 0 Å². The molecule has 1 aliphatic rings. The zero-order valence-electron chi connectivity index (χ0n) is 17.0. The summed E-state index contributed by atoms with van der Waals surface area (Å²) in [5, 5.41) is 7.04. The average molecular weight is 445 g/mol. The number of urea groups is 1. The number of thiazole rings is 1. The van der Waals surface area contributed by atoms with Gasteiger partial charge in [-0.3, -0.25) is 9.78 Å². The molecule has 0 saturated heterocycles. The minimum Gasteiger partial charge on any atom is -0.397 e. The highest BCUT2D eigenvalue weighted by atomic mass is 32.1. The number of anilines is 3. The third-order valence-electron chi connectivity index (χ3n) is 5.26. The smallest absolute Gasteiger partial charge is 0.322 e. The van der Waals surface area contributed by atoms with Gasteiger partial charge in [-0.15, -0.1) is 11.3 Å². The summed E-state index contributed by atoms with van der Waals surface area (Å²) in [6.45, 7) is 0.927. The van der Waals surface area contributed by atoms with Crippen LogP contribution < -0.4 is 16.4 Å². The maximum atomic E-state index is 12.8. The topological polar surface area (TPSA) is 113 Å². The molecule has 0 unspecified atom stereocenters. The van der Waals surface area contributed by atoms with E-state index in [4.69, 9.17) is 5.73 Å². The standard InChI is InChI=1S/C23H20N6O2S/c24-16-6-2-4-8-18(16)27-21(30)22-28-19-9-10-29(13-20(19)32-22)23(31)26-15-11-14-5-1-3-7-17(14)25-12-15/h1-8,11-12H,9-10,13,24H2,(H,26,31)(H,27,30). The van der Waals surface area contributed by atoms with Gasteiger partial charge in [0.05, 0.1) is 41.0 Å². The number of benzene rings is 2. The fourth-order valence-electron chi connectivity index (χ4n) is 3.59. The molecule has 4 aromatic rings. The third-order valence-corrected chi connectivity index (χ3v) is 6.34. The van der Waals surface area contributed by atoms with E-state index in [1.54, 1.807) is 35.4 Å². The van der Waals surface area contributed by atoms with Gasteiger partial charge in [-0.1, -0.05) is 30.3 Å². The number of amides is 3. The van der Waals surface area contributed by atoms with Crippen LogP contribution in [0.25, 0.3) is 10.9 Å². The number of carbonyl (C=O) groups excluding carboxylic acids is 2. The van der Waals surface area contributed by atoms with E-state index in [0.717, 1.165) is 21.5 Å². The normalized spacial score (nSPS) is 12.9. The lowest BCUT2D eigenvalue weighted by atomic mass is 10.2. The van der Waals surface area contributed by atoms with Crippen LogP contribution in [-0.2, 0) is 13.0 Å². The molecule has 1 aliphatic heterocycles. The molecule has 8 nitrogen and oxygen atoms in total. The Kier molecular flexibility index (Phi) is 5.16. The zero-order chi connectivity index (χ0) is 22.1. The summed E-state index contributed by atoms with van der Waals surface area (Å²) >= 11 is 1.30. The first-order valence-electron chi connectivity index (χ1n) is 10.1. The monoisotopic (exact) mass is 444 g/mol. The second kappa shape index (κ2) is 8.27. The molecule has 3 amide bonds. The first-order chi connectivity index (χ1) is 15.6. The van der Waals surface area contributed by atoms with E-state index < -0.39 is 0 Å². The number of nitrogens with zero attached hydrogens (tertiary/aromatic N) is 3. The summed E-state index contributed by atoms with van der Waals surface area (Å²) in [6.07, 6.45) is 2.25. The van der Waals surface area contributed by atoms with Crippen molar-refractivity contribution >= 4 is 51.2 Å². The van der Waals surface area contributed by atoms with Gasteiger partial charge in [0.1, 0.15) is 0 Å². The lowest BCUT2D eigenvalue weighted by Gasteiger charge is -2.26. The van der Waals surface area contributed by atoms with Crippen molar-refractivity contribution in [2.24, 2.45) is 0 Å². The predicted octanol–water partition coefficient (Wildman–Crippen LogP) is 4.12. The van der Waals surface area contributed by atoms with Gasteiger partial charge in [0.25, 0.3) is 5.91 Å². The van der Waals surface area contributed by atoms with Crippen LogP contribution in [-0.4, -0.2) is 33.4 Å². The number of aromatic nitrogens is 2. The summed E-state index contributed by atoms with van der Waals surface area (Å²) < 4.78 is 0. The largest absolute Gasteiger partial charge is 0.397 e. The number of pyridine rings is 1. The molecule has 0 atom stereocenters. The fourth-order valence-corrected chi connectivity index (χ4v) is 4.61. The number of nitrogens with one attached hydrogen (secondary N) is 2. The lowest BCUT2D eigenvalue weighted by Crippen LogP contribution is -2.38. The Morgan fingerprint density at radius 2 is 1.88 bits per heavy atom. The van der Waals surface area contributed by atoms with E-state index in [2.05, 4.69) is 20.6 Å². The molecule has 9 heteroatoms. The number of hydrogen-bond donors (Lipinski definition) is 3. The SMILES string of the molecule is Nc1ccccc1NC(=O)c1nc2c(s1)CN(C(=O)Nc1cnc3ccccc3c1)CC2. The number of carbonyl (C=O) groups is 2. The Balaban J connectivity index is 1.27. The van der Waals surface area contributed by atoms with Crippen molar-refractivity contribution in [2.75, 3.05) is 22.9 Å². The van der Waals surface area contributed by atoms with Gasteiger partial charge in [-0.05, 0) is 24.3 Å². The molecule has 3 heterocycles. The van der Waals surface area contributed by atoms with Crippen molar-refractivity contribution < 1.29 is 9.59 Å². The van der Waals surface area contributed by atoms with Crippen LogP contribution in [0, 0.1) is 0 Å². The molecule has 0 fully saturated rings. The van der Waals surface area contributed by atoms with Crippen molar-refractivity contribution in [2.45, 2.75) is 13.0 Å². The fraction of sp³-hybridized carbons (Fsp3) is 0.130. The van der Waals surface area contributed by atoms with E-state index >= 15 is 0 Å². The van der Waals surface area contributed by atoms with Crippen LogP contribution >= 0.6 is 11.3 Å². The Bertz CT molecular complexity index is 1340. The van der Waals surface area contributed by atoms with Crippen LogP contribution in [0.5, 0.6) is 0 Å². The number of nitrogen functional groups attached to an aromatic ring is 1. The minimum atomic E-state index is -0.305. The number of para-hydroxylation sites is 3. The van der Waals surface area contributed by atoms with Gasteiger partial charge in [-0.25, -0.2) is 9.78 Å². The molecule has 0 radical (unpaired) electrons. The first kappa shape index (κ1) is 20.0. The Hall–Kier alpha value is -3.98. The Morgan fingerprint density at radius 3 is 2.75 bits per heavy atom. The van der Waals surface area contributed by atoms with Crippen molar-refractivity contribution in [3.05, 3.63) is 76.4 Å². The van der Waals surface area contributed by atoms with Crippen molar-refractivity contribution in [3.63, 3.8) is 0 Å². The highest BCUT2D eigenvalue weighted by Gasteiger charge is 2.26. The highest BCUT2D eigenvalue weighted by molar-refractivity contribution is 7.13. The summed E-state index contributed by atoms with van der Waals surface area (Å²) in [6, 6.07) is 16.5. The number of fused-ring (bicyclic) bond motifs is 2. The molecule has 5 rings (SSSR count). The maximum absolute atomic E-state index is 12.8. The molecular weight excluding hydrogens is 424 g/mol. The van der Waals surface area contributed by atoms with Crippen LogP contribution in [0.4, 0.5) is 21.9 Å². The molecule has 2 aromatic carbocycles. The molecule has 0 spiro atoms. The average Bonchev–Trinajstić information content (AvgIpc) is 3.24. The van der Waals surface area contributed by atoms with Crippen LogP contribution in [0.15, 0.2) is 60.8 Å². The first-order valence-corrected chi connectivity index (χ1v) is 10.9. The zero-order valence-corrected chi connectivity index (χ0v) is 17.9. The predicted molar refractivity (Wildman–Crippen MR) is 126 cm³/mol. The third kappa shape index (κ3) is 3.97. The second-order valence-corrected chi connectivity index (χ2v) is 8.53. The van der Waals surface area contributed by atoms with Gasteiger partial charge < -0.3 is 21.3 Å². The van der Waals surface area contributed by atoms with E-state index in [1.165, 1.54) is 11.3 Å². The van der Waals surface area contributed by atoms with Crippen LogP contribution in [0.1, 0.15) is 20.4 Å². The number of rotatable bonds is 3. The van der Waals surface area contributed by atoms with E-state index in [0.29, 0.717) is 41.6 Å². The Labute approximate surface area is 188 Å².